The molecule has 1 aliphatic carbocycles. The van der Waals surface area contributed by atoms with Crippen molar-refractivity contribution in [2.45, 2.75) is 70.4 Å². The molecule has 2 heterocycles. The van der Waals surface area contributed by atoms with Crippen LogP contribution in [0.1, 0.15) is 51.9 Å². The number of ether oxygens (including phenoxy) is 3. The Morgan fingerprint density at radius 1 is 1.06 bits per heavy atom. The molecule has 2 aliphatic rings. The number of halogens is 3. The Balaban J connectivity index is 1.52. The summed E-state index contributed by atoms with van der Waals surface area (Å²) in [5.74, 6) is 1.34. The van der Waals surface area contributed by atoms with Gasteiger partial charge >= 0.3 is 6.36 Å². The largest absolute Gasteiger partial charge is 0.573 e. The molecule has 1 unspecified atom stereocenters. The molecule has 0 spiro atoms. The number of hydrogen-bond acceptors (Lipinski definition) is 6. The van der Waals surface area contributed by atoms with Gasteiger partial charge in [-0.3, -0.25) is 0 Å². The average molecular weight is 466 g/mol. The highest BCUT2D eigenvalue weighted by molar-refractivity contribution is 5.69. The molecule has 2 fully saturated rings. The number of hydrogen-bond donors (Lipinski definition) is 1. The second kappa shape index (κ2) is 10.6. The Labute approximate surface area is 191 Å². The van der Waals surface area contributed by atoms with Crippen molar-refractivity contribution < 1.29 is 27.4 Å². The fraction of sp³-hybridized carbons (Fsp3) is 0.583. The first-order valence-corrected chi connectivity index (χ1v) is 11.6. The number of benzene rings is 1. The normalized spacial score (nSPS) is 23.7. The molecule has 1 saturated heterocycles. The summed E-state index contributed by atoms with van der Waals surface area (Å²) in [5, 5.41) is 3.41. The third-order valence-corrected chi connectivity index (χ3v) is 6.18. The SMILES string of the molecule is C[C@H]1CC[C@H](Nc2ncc(-c3ccc(OC(F)(F)F)cc3)c(OCC3CCCCO3)n2)CC1. The first-order chi connectivity index (χ1) is 15.9. The Morgan fingerprint density at radius 2 is 1.82 bits per heavy atom. The van der Waals surface area contributed by atoms with E-state index >= 15 is 0 Å². The standard InChI is InChI=1S/C24H30F3N3O3/c1-16-5-9-18(10-6-16)29-23-28-14-21(17-7-11-19(12-8-17)33-24(25,26)27)22(30-23)32-15-20-4-2-3-13-31-20/h7-8,11-12,14,16,18,20H,2-6,9-10,13,15H2,1H3,(H,28,29,30)/t16-,18-,20?. The zero-order chi connectivity index (χ0) is 23.3. The van der Waals surface area contributed by atoms with Crippen LogP contribution in [0.5, 0.6) is 11.6 Å². The van der Waals surface area contributed by atoms with Crippen LogP contribution < -0.4 is 14.8 Å². The molecule has 9 heteroatoms. The van der Waals surface area contributed by atoms with Gasteiger partial charge in [0, 0.05) is 18.8 Å². The maximum absolute atomic E-state index is 12.5. The summed E-state index contributed by atoms with van der Waals surface area (Å²) < 4.78 is 53.2. The molecule has 1 atom stereocenters. The topological polar surface area (TPSA) is 65.5 Å². The van der Waals surface area contributed by atoms with Crippen molar-refractivity contribution >= 4 is 5.95 Å². The summed E-state index contributed by atoms with van der Waals surface area (Å²) >= 11 is 0. The number of aromatic nitrogens is 2. The van der Waals surface area contributed by atoms with Crippen molar-refractivity contribution in [3.63, 3.8) is 0 Å². The van der Waals surface area contributed by atoms with Crippen LogP contribution in [-0.2, 0) is 4.74 Å². The molecule has 33 heavy (non-hydrogen) atoms. The zero-order valence-electron chi connectivity index (χ0n) is 18.7. The summed E-state index contributed by atoms with van der Waals surface area (Å²) in [5.41, 5.74) is 1.24. The van der Waals surface area contributed by atoms with E-state index in [1.807, 2.05) is 0 Å². The molecule has 0 amide bonds. The molecular formula is C24H30F3N3O3. The highest BCUT2D eigenvalue weighted by Crippen LogP contribution is 2.33. The van der Waals surface area contributed by atoms with Gasteiger partial charge in [0.15, 0.2) is 0 Å². The van der Waals surface area contributed by atoms with Crippen molar-refractivity contribution in [2.24, 2.45) is 5.92 Å². The summed E-state index contributed by atoms with van der Waals surface area (Å²) in [6, 6.07) is 5.94. The number of nitrogens with zero attached hydrogens (tertiary/aromatic N) is 2. The van der Waals surface area contributed by atoms with Crippen molar-refractivity contribution in [3.8, 4) is 22.8 Å². The highest BCUT2D eigenvalue weighted by Gasteiger charge is 2.31. The van der Waals surface area contributed by atoms with E-state index in [4.69, 9.17) is 9.47 Å². The Hall–Kier alpha value is -2.55. The fourth-order valence-corrected chi connectivity index (χ4v) is 4.28. The Bertz CT molecular complexity index is 894. The van der Waals surface area contributed by atoms with Crippen molar-refractivity contribution in [1.29, 1.82) is 0 Å². The van der Waals surface area contributed by atoms with Gasteiger partial charge in [0.2, 0.25) is 11.8 Å². The Kier molecular flexibility index (Phi) is 7.57. The van der Waals surface area contributed by atoms with E-state index in [1.165, 1.54) is 25.0 Å². The molecule has 2 aromatic rings. The van der Waals surface area contributed by atoms with E-state index in [2.05, 4.69) is 26.9 Å². The lowest BCUT2D eigenvalue weighted by Crippen LogP contribution is -2.27. The minimum Gasteiger partial charge on any atom is -0.474 e. The van der Waals surface area contributed by atoms with Gasteiger partial charge in [-0.25, -0.2) is 4.98 Å². The predicted molar refractivity (Wildman–Crippen MR) is 118 cm³/mol. The minimum absolute atomic E-state index is 0.000341. The van der Waals surface area contributed by atoms with Crippen LogP contribution in [0.25, 0.3) is 11.1 Å². The van der Waals surface area contributed by atoms with Crippen LogP contribution in [0.4, 0.5) is 19.1 Å². The average Bonchev–Trinajstić information content (AvgIpc) is 2.80. The molecule has 4 rings (SSSR count). The van der Waals surface area contributed by atoms with Gasteiger partial charge in [-0.1, -0.05) is 19.1 Å². The summed E-state index contributed by atoms with van der Waals surface area (Å²) in [7, 11) is 0. The number of rotatable bonds is 7. The van der Waals surface area contributed by atoms with Gasteiger partial charge in [-0.2, -0.15) is 4.98 Å². The maximum Gasteiger partial charge on any atom is 0.573 e. The lowest BCUT2D eigenvalue weighted by Gasteiger charge is -2.27. The van der Waals surface area contributed by atoms with Crippen LogP contribution in [0.2, 0.25) is 0 Å². The van der Waals surface area contributed by atoms with Crippen LogP contribution in [0.3, 0.4) is 0 Å². The number of anilines is 1. The van der Waals surface area contributed by atoms with Crippen LogP contribution in [0, 0.1) is 5.92 Å². The van der Waals surface area contributed by atoms with Gasteiger partial charge in [-0.05, 0) is 68.6 Å². The molecule has 1 aliphatic heterocycles. The number of nitrogens with one attached hydrogen (secondary N) is 1. The van der Waals surface area contributed by atoms with Crippen LogP contribution in [-0.4, -0.2) is 41.7 Å². The second-order valence-electron chi connectivity index (χ2n) is 8.89. The van der Waals surface area contributed by atoms with Crippen LogP contribution in [0.15, 0.2) is 30.5 Å². The van der Waals surface area contributed by atoms with Gasteiger partial charge < -0.3 is 19.5 Å². The molecule has 1 aromatic carbocycles. The van der Waals surface area contributed by atoms with Crippen molar-refractivity contribution in [1.82, 2.24) is 9.97 Å². The first kappa shape index (κ1) is 23.6. The molecular weight excluding hydrogens is 435 g/mol. The highest BCUT2D eigenvalue weighted by atomic mass is 19.4. The molecule has 180 valence electrons. The molecule has 0 radical (unpaired) electrons. The van der Waals surface area contributed by atoms with E-state index in [0.29, 0.717) is 35.6 Å². The zero-order valence-corrected chi connectivity index (χ0v) is 18.7. The lowest BCUT2D eigenvalue weighted by atomic mass is 9.87. The fourth-order valence-electron chi connectivity index (χ4n) is 4.28. The third-order valence-electron chi connectivity index (χ3n) is 6.18. The van der Waals surface area contributed by atoms with Gasteiger partial charge in [0.25, 0.3) is 0 Å². The first-order valence-electron chi connectivity index (χ1n) is 11.6. The van der Waals surface area contributed by atoms with Gasteiger partial charge in [-0.15, -0.1) is 13.2 Å². The lowest BCUT2D eigenvalue weighted by molar-refractivity contribution is -0.274. The minimum atomic E-state index is -4.73. The summed E-state index contributed by atoms with van der Waals surface area (Å²) in [6.07, 6.45) is 4.47. The summed E-state index contributed by atoms with van der Waals surface area (Å²) in [6.45, 7) is 3.35. The van der Waals surface area contributed by atoms with Crippen molar-refractivity contribution in [3.05, 3.63) is 30.5 Å². The van der Waals surface area contributed by atoms with E-state index in [0.717, 1.165) is 44.6 Å². The smallest absolute Gasteiger partial charge is 0.474 e. The molecule has 0 bridgehead atoms. The molecule has 1 N–H and O–H groups in total. The molecule has 1 saturated carbocycles. The monoisotopic (exact) mass is 465 g/mol. The second-order valence-corrected chi connectivity index (χ2v) is 8.89. The van der Waals surface area contributed by atoms with Crippen molar-refractivity contribution in [2.75, 3.05) is 18.5 Å². The van der Waals surface area contributed by atoms with Crippen LogP contribution >= 0.6 is 0 Å². The van der Waals surface area contributed by atoms with E-state index < -0.39 is 6.36 Å². The van der Waals surface area contributed by atoms with E-state index in [1.54, 1.807) is 18.3 Å². The Morgan fingerprint density at radius 3 is 2.48 bits per heavy atom. The quantitative estimate of drug-likeness (QED) is 0.543. The van der Waals surface area contributed by atoms with Gasteiger partial charge in [0.1, 0.15) is 12.4 Å². The third kappa shape index (κ3) is 6.96. The van der Waals surface area contributed by atoms with E-state index in [9.17, 15) is 13.2 Å². The summed E-state index contributed by atoms with van der Waals surface area (Å²) in [4.78, 5) is 9.08. The van der Waals surface area contributed by atoms with E-state index in [-0.39, 0.29) is 11.9 Å². The maximum atomic E-state index is 12.5. The predicted octanol–water partition coefficient (Wildman–Crippen LogP) is 5.98. The van der Waals surface area contributed by atoms with Gasteiger partial charge in [0.05, 0.1) is 11.7 Å². The molecule has 6 nitrogen and oxygen atoms in total. The number of alkyl halides is 3. The molecule has 1 aromatic heterocycles.